The zero-order valence-corrected chi connectivity index (χ0v) is 11.7. The highest BCUT2D eigenvalue weighted by Gasteiger charge is 2.05. The Balaban J connectivity index is 2.30. The minimum absolute atomic E-state index is 0.518. The van der Waals surface area contributed by atoms with Gasteiger partial charge in [-0.05, 0) is 52.1 Å². The van der Waals surface area contributed by atoms with Crippen molar-refractivity contribution in [2.45, 2.75) is 65.5 Å². The number of hydrogen-bond donors (Lipinski definition) is 1. The van der Waals surface area contributed by atoms with Crippen LogP contribution in [0, 0.1) is 0 Å². The Hall–Kier alpha value is -0.830. The van der Waals surface area contributed by atoms with Crippen LogP contribution in [0.5, 0.6) is 0 Å². The summed E-state index contributed by atoms with van der Waals surface area (Å²) in [6, 6.07) is 3.30. The highest BCUT2D eigenvalue weighted by Crippen LogP contribution is 2.11. The second kappa shape index (κ2) is 7.49. The van der Waals surface area contributed by atoms with Gasteiger partial charge in [-0.15, -0.1) is 0 Å². The SMILES string of the molecule is CCNC(C)CCCc1ccn(C(C)CC)n1. The van der Waals surface area contributed by atoms with Gasteiger partial charge in [0.15, 0.2) is 0 Å². The minimum Gasteiger partial charge on any atom is -0.315 e. The van der Waals surface area contributed by atoms with E-state index in [2.05, 4.69) is 55.1 Å². The molecule has 98 valence electrons. The third-order valence-electron chi connectivity index (χ3n) is 3.33. The van der Waals surface area contributed by atoms with Crippen molar-refractivity contribution < 1.29 is 0 Å². The highest BCUT2D eigenvalue weighted by atomic mass is 15.3. The van der Waals surface area contributed by atoms with Crippen molar-refractivity contribution in [1.82, 2.24) is 15.1 Å². The normalized spacial score (nSPS) is 14.8. The van der Waals surface area contributed by atoms with Crippen molar-refractivity contribution in [2.75, 3.05) is 6.54 Å². The third kappa shape index (κ3) is 4.90. The molecule has 17 heavy (non-hydrogen) atoms. The Morgan fingerprint density at radius 3 is 2.76 bits per heavy atom. The fourth-order valence-electron chi connectivity index (χ4n) is 1.98. The minimum atomic E-state index is 0.518. The Morgan fingerprint density at radius 1 is 1.35 bits per heavy atom. The van der Waals surface area contributed by atoms with Gasteiger partial charge in [0.05, 0.1) is 5.69 Å². The van der Waals surface area contributed by atoms with Crippen molar-refractivity contribution in [3.63, 3.8) is 0 Å². The lowest BCUT2D eigenvalue weighted by Crippen LogP contribution is -2.25. The van der Waals surface area contributed by atoms with E-state index in [1.165, 1.54) is 18.5 Å². The summed E-state index contributed by atoms with van der Waals surface area (Å²) in [4.78, 5) is 0. The van der Waals surface area contributed by atoms with Crippen molar-refractivity contribution in [2.24, 2.45) is 0 Å². The van der Waals surface area contributed by atoms with E-state index in [9.17, 15) is 0 Å². The summed E-state index contributed by atoms with van der Waals surface area (Å²) in [7, 11) is 0. The molecule has 2 atom stereocenters. The van der Waals surface area contributed by atoms with Crippen LogP contribution in [0.15, 0.2) is 12.3 Å². The van der Waals surface area contributed by atoms with Crippen LogP contribution in [-0.4, -0.2) is 22.4 Å². The maximum absolute atomic E-state index is 4.62. The van der Waals surface area contributed by atoms with Crippen molar-refractivity contribution in [1.29, 1.82) is 0 Å². The molecule has 0 amide bonds. The molecule has 1 aromatic rings. The molecule has 0 radical (unpaired) electrons. The molecule has 1 heterocycles. The fourth-order valence-corrected chi connectivity index (χ4v) is 1.98. The van der Waals surface area contributed by atoms with Gasteiger partial charge < -0.3 is 5.32 Å². The number of aromatic nitrogens is 2. The van der Waals surface area contributed by atoms with Gasteiger partial charge in [-0.3, -0.25) is 4.68 Å². The molecular formula is C14H27N3. The Morgan fingerprint density at radius 2 is 2.12 bits per heavy atom. The first-order valence-corrected chi connectivity index (χ1v) is 6.94. The zero-order chi connectivity index (χ0) is 12.7. The first-order chi connectivity index (χ1) is 8.17. The molecule has 1 aromatic heterocycles. The molecule has 0 bridgehead atoms. The molecule has 0 aliphatic rings. The van der Waals surface area contributed by atoms with E-state index < -0.39 is 0 Å². The molecular weight excluding hydrogens is 210 g/mol. The third-order valence-corrected chi connectivity index (χ3v) is 3.33. The molecule has 1 rings (SSSR count). The smallest absolute Gasteiger partial charge is 0.0624 e. The highest BCUT2D eigenvalue weighted by molar-refractivity contribution is 4.99. The summed E-state index contributed by atoms with van der Waals surface area (Å²) in [6.45, 7) is 9.88. The van der Waals surface area contributed by atoms with Gasteiger partial charge in [-0.25, -0.2) is 0 Å². The van der Waals surface area contributed by atoms with Crippen molar-refractivity contribution >= 4 is 0 Å². The van der Waals surface area contributed by atoms with E-state index in [4.69, 9.17) is 0 Å². The Labute approximate surface area is 106 Å². The molecule has 3 heteroatoms. The summed E-state index contributed by atoms with van der Waals surface area (Å²) in [5.41, 5.74) is 1.23. The van der Waals surface area contributed by atoms with Crippen LogP contribution in [0.1, 0.15) is 58.7 Å². The topological polar surface area (TPSA) is 29.9 Å². The molecule has 0 saturated heterocycles. The van der Waals surface area contributed by atoms with Crippen molar-refractivity contribution in [3.05, 3.63) is 18.0 Å². The number of nitrogens with zero attached hydrogens (tertiary/aromatic N) is 2. The van der Waals surface area contributed by atoms with Gasteiger partial charge >= 0.3 is 0 Å². The van der Waals surface area contributed by atoms with Gasteiger partial charge in [-0.2, -0.15) is 5.10 Å². The summed E-state index contributed by atoms with van der Waals surface area (Å²) >= 11 is 0. The molecule has 0 aliphatic heterocycles. The summed E-state index contributed by atoms with van der Waals surface area (Å²) in [6.07, 6.45) is 6.78. The molecule has 0 aliphatic carbocycles. The van der Waals surface area contributed by atoms with Crippen LogP contribution in [-0.2, 0) is 6.42 Å². The first-order valence-electron chi connectivity index (χ1n) is 6.94. The largest absolute Gasteiger partial charge is 0.315 e. The lowest BCUT2D eigenvalue weighted by atomic mass is 10.1. The van der Waals surface area contributed by atoms with Gasteiger partial charge in [0.1, 0.15) is 0 Å². The molecule has 0 fully saturated rings. The Kier molecular flexibility index (Phi) is 6.27. The maximum atomic E-state index is 4.62. The van der Waals surface area contributed by atoms with Crippen LogP contribution in [0.25, 0.3) is 0 Å². The molecule has 0 saturated carbocycles. The second-order valence-electron chi connectivity index (χ2n) is 4.90. The van der Waals surface area contributed by atoms with E-state index in [0.717, 1.165) is 19.4 Å². The summed E-state index contributed by atoms with van der Waals surface area (Å²) in [5, 5.41) is 8.06. The van der Waals surface area contributed by atoms with E-state index in [-0.39, 0.29) is 0 Å². The fraction of sp³-hybridized carbons (Fsp3) is 0.786. The molecule has 2 unspecified atom stereocenters. The van der Waals surface area contributed by atoms with Crippen molar-refractivity contribution in [3.8, 4) is 0 Å². The van der Waals surface area contributed by atoms with E-state index in [0.29, 0.717) is 12.1 Å². The number of rotatable bonds is 8. The lowest BCUT2D eigenvalue weighted by Gasteiger charge is -2.11. The number of nitrogens with one attached hydrogen (secondary N) is 1. The molecule has 1 N–H and O–H groups in total. The number of aryl methyl sites for hydroxylation is 1. The quantitative estimate of drug-likeness (QED) is 0.752. The van der Waals surface area contributed by atoms with Gasteiger partial charge in [-0.1, -0.05) is 13.8 Å². The van der Waals surface area contributed by atoms with Crippen LogP contribution in [0.2, 0.25) is 0 Å². The van der Waals surface area contributed by atoms with E-state index >= 15 is 0 Å². The zero-order valence-electron chi connectivity index (χ0n) is 11.7. The monoisotopic (exact) mass is 237 g/mol. The van der Waals surface area contributed by atoms with Gasteiger partial charge in [0, 0.05) is 18.3 Å². The van der Waals surface area contributed by atoms with E-state index in [1.807, 2.05) is 0 Å². The van der Waals surface area contributed by atoms with Gasteiger partial charge in [0.25, 0.3) is 0 Å². The summed E-state index contributed by atoms with van der Waals surface area (Å²) < 4.78 is 2.09. The van der Waals surface area contributed by atoms with Crippen LogP contribution >= 0.6 is 0 Å². The average molecular weight is 237 g/mol. The van der Waals surface area contributed by atoms with Crippen LogP contribution in [0.3, 0.4) is 0 Å². The second-order valence-corrected chi connectivity index (χ2v) is 4.90. The average Bonchev–Trinajstić information content (AvgIpc) is 2.77. The maximum Gasteiger partial charge on any atom is 0.0624 e. The van der Waals surface area contributed by atoms with Gasteiger partial charge in [0.2, 0.25) is 0 Å². The molecule has 0 aromatic carbocycles. The Bertz CT molecular complexity index is 306. The molecule has 0 spiro atoms. The number of hydrogen-bond acceptors (Lipinski definition) is 2. The molecule has 3 nitrogen and oxygen atoms in total. The first kappa shape index (κ1) is 14.2. The lowest BCUT2D eigenvalue weighted by molar-refractivity contribution is 0.469. The van der Waals surface area contributed by atoms with Crippen LogP contribution in [0.4, 0.5) is 0 Å². The van der Waals surface area contributed by atoms with E-state index in [1.54, 1.807) is 0 Å². The van der Waals surface area contributed by atoms with Crippen LogP contribution < -0.4 is 5.32 Å². The standard InChI is InChI=1S/C14H27N3/c1-5-13(4)17-11-10-14(16-17)9-7-8-12(3)15-6-2/h10-13,15H,5-9H2,1-4H3. The predicted molar refractivity (Wildman–Crippen MR) is 73.3 cm³/mol. The predicted octanol–water partition coefficient (Wildman–Crippen LogP) is 3.17. The summed E-state index contributed by atoms with van der Waals surface area (Å²) in [5.74, 6) is 0.